The second-order valence-corrected chi connectivity index (χ2v) is 12.4. The SMILES string of the molecule is C[C@H](Oc1cc2cc(F)ccc2nc1N)c1[nH]c(=O)ccc1-n1cccn1.Cc1ccc2nc(N)c(O[C@@H](C)c3[nH]c(=O)ccc3-n3cccn3)cc2c1. The van der Waals surface area contributed by atoms with Crippen molar-refractivity contribution in [2.75, 3.05) is 11.5 Å². The molecule has 6 aromatic heterocycles. The number of halogens is 1. The monoisotopic (exact) mass is 726 g/mol. The van der Waals surface area contributed by atoms with Gasteiger partial charge in [0.1, 0.15) is 18.0 Å². The number of H-pyrrole nitrogens is 2. The molecule has 15 heteroatoms. The van der Waals surface area contributed by atoms with E-state index in [1.54, 1.807) is 71.4 Å². The summed E-state index contributed by atoms with van der Waals surface area (Å²) in [7, 11) is 0. The normalized spacial score (nSPS) is 12.2. The van der Waals surface area contributed by atoms with Gasteiger partial charge in [0, 0.05) is 47.7 Å². The number of aromatic nitrogens is 8. The topological polar surface area (TPSA) is 198 Å². The zero-order valence-corrected chi connectivity index (χ0v) is 29.4. The van der Waals surface area contributed by atoms with E-state index in [0.29, 0.717) is 45.3 Å². The van der Waals surface area contributed by atoms with Gasteiger partial charge >= 0.3 is 0 Å². The fraction of sp³-hybridized carbons (Fsp3) is 0.128. The molecule has 0 saturated heterocycles. The van der Waals surface area contributed by atoms with Crippen LogP contribution < -0.4 is 32.1 Å². The third-order valence-corrected chi connectivity index (χ3v) is 8.51. The fourth-order valence-electron chi connectivity index (χ4n) is 5.93. The second kappa shape index (κ2) is 14.7. The van der Waals surface area contributed by atoms with E-state index >= 15 is 0 Å². The molecular formula is C39H35FN10O4. The molecule has 2 atom stereocenters. The predicted molar refractivity (Wildman–Crippen MR) is 203 cm³/mol. The van der Waals surface area contributed by atoms with Gasteiger partial charge in [0.2, 0.25) is 11.1 Å². The maximum absolute atomic E-state index is 13.5. The Bertz CT molecular complexity index is 2520. The van der Waals surface area contributed by atoms with E-state index in [1.165, 1.54) is 24.3 Å². The Balaban J connectivity index is 0.000000167. The highest BCUT2D eigenvalue weighted by molar-refractivity contribution is 5.84. The first kappa shape index (κ1) is 35.1. The molecule has 0 aliphatic heterocycles. The van der Waals surface area contributed by atoms with Crippen molar-refractivity contribution in [3.05, 3.63) is 153 Å². The summed E-state index contributed by atoms with van der Waals surface area (Å²) in [4.78, 5) is 38.0. The van der Waals surface area contributed by atoms with Crippen molar-refractivity contribution in [1.82, 2.24) is 39.5 Å². The Morgan fingerprint density at radius 3 is 1.63 bits per heavy atom. The van der Waals surface area contributed by atoms with Crippen LogP contribution in [0.4, 0.5) is 16.0 Å². The summed E-state index contributed by atoms with van der Waals surface area (Å²) < 4.78 is 28.8. The Morgan fingerprint density at radius 1 is 0.667 bits per heavy atom. The van der Waals surface area contributed by atoms with Gasteiger partial charge in [-0.25, -0.2) is 23.7 Å². The summed E-state index contributed by atoms with van der Waals surface area (Å²) in [5.74, 6) is 0.881. The van der Waals surface area contributed by atoms with Gasteiger partial charge in [-0.3, -0.25) is 9.59 Å². The third-order valence-electron chi connectivity index (χ3n) is 8.51. The highest BCUT2D eigenvalue weighted by Gasteiger charge is 2.19. The van der Waals surface area contributed by atoms with Gasteiger partial charge in [-0.2, -0.15) is 10.2 Å². The lowest BCUT2D eigenvalue weighted by molar-refractivity contribution is 0.222. The molecule has 0 spiro atoms. The lowest BCUT2D eigenvalue weighted by Gasteiger charge is -2.19. The molecule has 0 aliphatic rings. The quantitative estimate of drug-likeness (QED) is 0.142. The van der Waals surface area contributed by atoms with Gasteiger partial charge in [-0.05, 0) is 87.5 Å². The van der Waals surface area contributed by atoms with E-state index in [0.717, 1.165) is 22.2 Å². The Kier molecular flexibility index (Phi) is 9.59. The third kappa shape index (κ3) is 7.50. The predicted octanol–water partition coefficient (Wildman–Crippen LogP) is 6.11. The van der Waals surface area contributed by atoms with Crippen LogP contribution >= 0.6 is 0 Å². The number of nitrogens with two attached hydrogens (primary N) is 2. The van der Waals surface area contributed by atoms with Crippen LogP contribution in [0.5, 0.6) is 11.5 Å². The first-order valence-corrected chi connectivity index (χ1v) is 16.8. The van der Waals surface area contributed by atoms with Crippen molar-refractivity contribution in [3.8, 4) is 22.9 Å². The van der Waals surface area contributed by atoms with E-state index in [-0.39, 0.29) is 22.8 Å². The largest absolute Gasteiger partial charge is 0.481 e. The standard InChI is InChI=1S/C20H19N5O2.C19H16FN5O2/c1-12-4-5-15-14(10-12)11-17(20(21)23-15)27-13(2)19-16(6-7-18(26)24-19)25-9-3-8-22-25;1-11(18-15(5-6-17(26)24-18)25-8-2-7-22-25)27-16-10-12-9-13(20)3-4-14(12)23-19(16)21/h3-11,13H,1-2H3,(H2,21,23)(H,24,26);2-11H,1H3,(H2,21,23)(H,24,26)/t13-;11-/m00/s1. The molecule has 0 saturated carbocycles. The van der Waals surface area contributed by atoms with Crippen LogP contribution in [0, 0.1) is 12.7 Å². The number of aryl methyl sites for hydroxylation is 1. The minimum Gasteiger partial charge on any atom is -0.481 e. The smallest absolute Gasteiger partial charge is 0.248 e. The number of fused-ring (bicyclic) bond motifs is 2. The summed E-state index contributed by atoms with van der Waals surface area (Å²) in [6, 6.07) is 23.5. The second-order valence-electron chi connectivity index (χ2n) is 12.4. The highest BCUT2D eigenvalue weighted by atomic mass is 19.1. The maximum Gasteiger partial charge on any atom is 0.248 e. The molecule has 0 fully saturated rings. The lowest BCUT2D eigenvalue weighted by Crippen LogP contribution is -2.17. The first-order chi connectivity index (χ1) is 26.0. The molecule has 0 bridgehead atoms. The van der Waals surface area contributed by atoms with Crippen LogP contribution in [0.15, 0.2) is 119 Å². The van der Waals surface area contributed by atoms with E-state index in [4.69, 9.17) is 20.9 Å². The van der Waals surface area contributed by atoms with Crippen LogP contribution in [-0.2, 0) is 0 Å². The van der Waals surface area contributed by atoms with E-state index < -0.39 is 12.2 Å². The zero-order valence-electron chi connectivity index (χ0n) is 29.4. The van der Waals surface area contributed by atoms with Gasteiger partial charge in [0.15, 0.2) is 23.1 Å². The lowest BCUT2D eigenvalue weighted by atomic mass is 10.1. The van der Waals surface area contributed by atoms with Crippen LogP contribution in [-0.4, -0.2) is 39.5 Å². The number of aromatic amines is 2. The number of nitrogens with one attached hydrogen (secondary N) is 2. The number of pyridine rings is 4. The number of benzene rings is 2. The molecule has 6 heterocycles. The Labute approximate surface area is 306 Å². The molecule has 8 aromatic rings. The van der Waals surface area contributed by atoms with Crippen LogP contribution in [0.3, 0.4) is 0 Å². The van der Waals surface area contributed by atoms with Crippen molar-refractivity contribution in [2.24, 2.45) is 0 Å². The summed E-state index contributed by atoms with van der Waals surface area (Å²) in [6.07, 6.45) is 5.85. The van der Waals surface area contributed by atoms with Crippen LogP contribution in [0.1, 0.15) is 43.0 Å². The number of anilines is 2. The van der Waals surface area contributed by atoms with Gasteiger partial charge < -0.3 is 30.9 Å². The molecule has 0 radical (unpaired) electrons. The number of rotatable bonds is 8. The zero-order chi connectivity index (χ0) is 37.9. The summed E-state index contributed by atoms with van der Waals surface area (Å²) >= 11 is 0. The minimum absolute atomic E-state index is 0.180. The van der Waals surface area contributed by atoms with Crippen molar-refractivity contribution in [3.63, 3.8) is 0 Å². The van der Waals surface area contributed by atoms with Gasteiger partial charge in [-0.15, -0.1) is 0 Å². The summed E-state index contributed by atoms with van der Waals surface area (Å²) in [6.45, 7) is 5.63. The van der Waals surface area contributed by atoms with Crippen LogP contribution in [0.25, 0.3) is 33.2 Å². The van der Waals surface area contributed by atoms with Crippen molar-refractivity contribution < 1.29 is 13.9 Å². The van der Waals surface area contributed by atoms with Crippen LogP contribution in [0.2, 0.25) is 0 Å². The van der Waals surface area contributed by atoms with Crippen molar-refractivity contribution in [2.45, 2.75) is 33.0 Å². The average Bonchev–Trinajstić information content (AvgIpc) is 3.89. The molecule has 2 aromatic carbocycles. The highest BCUT2D eigenvalue weighted by Crippen LogP contribution is 2.32. The van der Waals surface area contributed by atoms with E-state index in [1.807, 2.05) is 44.2 Å². The Morgan fingerprint density at radius 2 is 1.15 bits per heavy atom. The molecule has 0 aliphatic carbocycles. The van der Waals surface area contributed by atoms with Crippen molar-refractivity contribution in [1.29, 1.82) is 0 Å². The minimum atomic E-state index is -0.562. The number of ether oxygens (including phenoxy) is 2. The Hall–Kier alpha value is -7.29. The molecule has 0 unspecified atom stereocenters. The number of nitrogens with zero attached hydrogens (tertiary/aromatic N) is 6. The number of hydrogen-bond donors (Lipinski definition) is 4. The molecular weight excluding hydrogens is 691 g/mol. The van der Waals surface area contributed by atoms with E-state index in [9.17, 15) is 14.0 Å². The molecule has 54 heavy (non-hydrogen) atoms. The molecule has 14 nitrogen and oxygen atoms in total. The molecule has 0 amide bonds. The average molecular weight is 727 g/mol. The van der Waals surface area contributed by atoms with Gasteiger partial charge in [0.05, 0.1) is 33.8 Å². The summed E-state index contributed by atoms with van der Waals surface area (Å²) in [5.41, 5.74) is 16.7. The van der Waals surface area contributed by atoms with E-state index in [2.05, 4.69) is 30.1 Å². The van der Waals surface area contributed by atoms with Crippen molar-refractivity contribution >= 4 is 33.4 Å². The van der Waals surface area contributed by atoms with Gasteiger partial charge in [-0.1, -0.05) is 11.6 Å². The first-order valence-electron chi connectivity index (χ1n) is 16.8. The molecule has 8 rings (SSSR count). The summed E-state index contributed by atoms with van der Waals surface area (Å²) in [5, 5.41) is 9.95. The molecule has 6 N–H and O–H groups in total. The number of hydrogen-bond acceptors (Lipinski definition) is 10. The number of nitrogen functional groups attached to an aromatic ring is 2. The fourth-order valence-corrected chi connectivity index (χ4v) is 5.93. The maximum atomic E-state index is 13.5. The molecule has 272 valence electrons. The van der Waals surface area contributed by atoms with Gasteiger partial charge in [0.25, 0.3) is 0 Å².